The van der Waals surface area contributed by atoms with Crippen molar-refractivity contribution in [2.24, 2.45) is 5.92 Å². The molecule has 1 amide bonds. The second kappa shape index (κ2) is 11.5. The molecule has 0 bridgehead atoms. The quantitative estimate of drug-likeness (QED) is 0.250. The Kier molecular flexibility index (Phi) is 7.85. The summed E-state index contributed by atoms with van der Waals surface area (Å²) in [5.74, 6) is 1.27. The van der Waals surface area contributed by atoms with E-state index in [1.807, 2.05) is 67.7 Å². The van der Waals surface area contributed by atoms with E-state index in [9.17, 15) is 9.59 Å². The number of carbonyl (C=O) groups excluding carboxylic acids is 1. The summed E-state index contributed by atoms with van der Waals surface area (Å²) < 4.78 is 3.86. The van der Waals surface area contributed by atoms with Crippen LogP contribution in [0, 0.1) is 12.8 Å². The topological polar surface area (TPSA) is 81.8 Å². The Morgan fingerprint density at radius 3 is 2.40 bits per heavy atom. The SMILES string of the molecule is CC(=O)NCc1cn([C@@H](c2nc3cc(Cl)ccc3c(=O)n2Cc2ccccc2)C(C)C)c(-c2ccc(C)cc2)n1. The van der Waals surface area contributed by atoms with E-state index in [4.69, 9.17) is 21.6 Å². The first kappa shape index (κ1) is 27.3. The highest BCUT2D eigenvalue weighted by atomic mass is 35.5. The van der Waals surface area contributed by atoms with Crippen LogP contribution in [0.2, 0.25) is 5.02 Å². The first-order valence-corrected chi connectivity index (χ1v) is 13.7. The lowest BCUT2D eigenvalue weighted by molar-refractivity contribution is -0.119. The molecule has 0 aliphatic heterocycles. The summed E-state index contributed by atoms with van der Waals surface area (Å²) in [5, 5.41) is 3.89. The molecule has 1 N–H and O–H groups in total. The fraction of sp³-hybridized carbons (Fsp3) is 0.250. The predicted molar refractivity (Wildman–Crippen MR) is 159 cm³/mol. The summed E-state index contributed by atoms with van der Waals surface area (Å²) in [4.78, 5) is 35.7. The van der Waals surface area contributed by atoms with Crippen LogP contribution in [0.4, 0.5) is 0 Å². The van der Waals surface area contributed by atoms with E-state index in [1.165, 1.54) is 6.92 Å². The van der Waals surface area contributed by atoms with Gasteiger partial charge in [0.15, 0.2) is 0 Å². The van der Waals surface area contributed by atoms with E-state index in [2.05, 4.69) is 23.7 Å². The Bertz CT molecular complexity index is 1720. The number of fused-ring (bicyclic) bond motifs is 1. The van der Waals surface area contributed by atoms with Gasteiger partial charge in [0.2, 0.25) is 5.91 Å². The third-order valence-electron chi connectivity index (χ3n) is 6.94. The van der Waals surface area contributed by atoms with Gasteiger partial charge in [0.1, 0.15) is 11.6 Å². The Labute approximate surface area is 238 Å². The molecule has 204 valence electrons. The number of hydrogen-bond donors (Lipinski definition) is 1. The van der Waals surface area contributed by atoms with Crippen molar-refractivity contribution in [1.82, 2.24) is 24.4 Å². The minimum Gasteiger partial charge on any atom is -0.351 e. The molecule has 0 saturated heterocycles. The predicted octanol–water partition coefficient (Wildman–Crippen LogP) is 6.15. The number of halogens is 1. The molecule has 0 fully saturated rings. The standard InChI is InChI=1S/C32H32ClN5O2/c1-20(2)29(37-19-26(17-34-22(4)39)35-30(37)24-12-10-21(3)11-13-24)31-36-28-16-25(33)14-15-27(28)32(40)38(31)18-23-8-6-5-7-9-23/h5-16,19-20,29H,17-18H2,1-4H3,(H,34,39)/t29-/m1/s1. The molecule has 3 aromatic carbocycles. The van der Waals surface area contributed by atoms with Crippen LogP contribution in [0.15, 0.2) is 83.8 Å². The van der Waals surface area contributed by atoms with Crippen LogP contribution < -0.4 is 10.9 Å². The number of aromatic nitrogens is 4. The van der Waals surface area contributed by atoms with Gasteiger partial charge in [0.25, 0.3) is 5.56 Å². The Hall–Kier alpha value is -4.23. The smallest absolute Gasteiger partial charge is 0.261 e. The Morgan fingerprint density at radius 2 is 1.73 bits per heavy atom. The number of amides is 1. The van der Waals surface area contributed by atoms with Gasteiger partial charge < -0.3 is 9.88 Å². The highest BCUT2D eigenvalue weighted by molar-refractivity contribution is 6.31. The van der Waals surface area contributed by atoms with E-state index in [0.717, 1.165) is 28.2 Å². The molecule has 5 rings (SSSR count). The molecule has 2 heterocycles. The second-order valence-electron chi connectivity index (χ2n) is 10.4. The molecule has 0 aliphatic carbocycles. The third kappa shape index (κ3) is 5.70. The minimum atomic E-state index is -0.338. The van der Waals surface area contributed by atoms with Gasteiger partial charge >= 0.3 is 0 Å². The Morgan fingerprint density at radius 1 is 1.00 bits per heavy atom. The van der Waals surface area contributed by atoms with Crippen molar-refractivity contribution in [3.8, 4) is 11.4 Å². The van der Waals surface area contributed by atoms with Crippen molar-refractivity contribution in [1.29, 1.82) is 0 Å². The lowest BCUT2D eigenvalue weighted by Gasteiger charge is -2.27. The largest absolute Gasteiger partial charge is 0.351 e. The summed E-state index contributed by atoms with van der Waals surface area (Å²) >= 11 is 6.34. The first-order valence-electron chi connectivity index (χ1n) is 13.3. The highest BCUT2D eigenvalue weighted by Gasteiger charge is 2.28. The maximum atomic E-state index is 14.0. The normalized spacial score (nSPS) is 12.2. The van der Waals surface area contributed by atoms with Crippen molar-refractivity contribution in [3.63, 3.8) is 0 Å². The van der Waals surface area contributed by atoms with Crippen LogP contribution in [0.5, 0.6) is 0 Å². The number of aryl methyl sites for hydroxylation is 1. The second-order valence-corrected chi connectivity index (χ2v) is 10.9. The summed E-state index contributed by atoms with van der Waals surface area (Å²) in [6, 6.07) is 22.9. The van der Waals surface area contributed by atoms with Crippen molar-refractivity contribution in [2.45, 2.75) is 46.8 Å². The number of rotatable bonds is 8. The molecule has 7 nitrogen and oxygen atoms in total. The van der Waals surface area contributed by atoms with E-state index in [0.29, 0.717) is 34.8 Å². The minimum absolute atomic E-state index is 0.0394. The summed E-state index contributed by atoms with van der Waals surface area (Å²) in [6.45, 7) is 8.42. The van der Waals surface area contributed by atoms with Crippen LogP contribution in [0.1, 0.15) is 49.5 Å². The van der Waals surface area contributed by atoms with Crippen LogP contribution in [0.25, 0.3) is 22.3 Å². The van der Waals surface area contributed by atoms with Crippen molar-refractivity contribution in [3.05, 3.63) is 117 Å². The number of hydrogen-bond acceptors (Lipinski definition) is 4. The molecule has 0 radical (unpaired) electrons. The zero-order chi connectivity index (χ0) is 28.4. The number of imidazole rings is 1. The number of nitrogens with zero attached hydrogens (tertiary/aromatic N) is 4. The van der Waals surface area contributed by atoms with Gasteiger partial charge in [-0.2, -0.15) is 0 Å². The van der Waals surface area contributed by atoms with Gasteiger partial charge in [0, 0.05) is 23.7 Å². The van der Waals surface area contributed by atoms with Gasteiger partial charge in [-0.25, -0.2) is 9.97 Å². The zero-order valence-electron chi connectivity index (χ0n) is 23.1. The van der Waals surface area contributed by atoms with Gasteiger partial charge in [0.05, 0.1) is 35.7 Å². The summed E-state index contributed by atoms with van der Waals surface area (Å²) in [6.07, 6.45) is 1.96. The molecular weight excluding hydrogens is 522 g/mol. The Balaban J connectivity index is 1.76. The molecule has 5 aromatic rings. The fourth-order valence-electron chi connectivity index (χ4n) is 4.97. The van der Waals surface area contributed by atoms with Crippen molar-refractivity contribution in [2.75, 3.05) is 0 Å². The number of carbonyl (C=O) groups is 1. The summed E-state index contributed by atoms with van der Waals surface area (Å²) in [7, 11) is 0. The van der Waals surface area contributed by atoms with Crippen LogP contribution in [-0.2, 0) is 17.9 Å². The molecule has 0 unspecified atom stereocenters. The highest BCUT2D eigenvalue weighted by Crippen LogP contribution is 2.32. The van der Waals surface area contributed by atoms with E-state index in [-0.39, 0.29) is 23.4 Å². The number of nitrogens with one attached hydrogen (secondary N) is 1. The molecular formula is C32H32ClN5O2. The lowest BCUT2D eigenvalue weighted by atomic mass is 10.0. The molecule has 0 saturated carbocycles. The summed E-state index contributed by atoms with van der Waals surface area (Å²) in [5.41, 5.74) is 4.23. The molecule has 40 heavy (non-hydrogen) atoms. The maximum absolute atomic E-state index is 14.0. The van der Waals surface area contributed by atoms with Crippen LogP contribution in [-0.4, -0.2) is 25.0 Å². The van der Waals surface area contributed by atoms with Crippen LogP contribution in [0.3, 0.4) is 0 Å². The molecule has 8 heteroatoms. The van der Waals surface area contributed by atoms with E-state index < -0.39 is 0 Å². The maximum Gasteiger partial charge on any atom is 0.261 e. The van der Waals surface area contributed by atoms with Gasteiger partial charge in [-0.3, -0.25) is 14.2 Å². The molecule has 1 atom stereocenters. The first-order chi connectivity index (χ1) is 19.2. The van der Waals surface area contributed by atoms with E-state index >= 15 is 0 Å². The van der Waals surface area contributed by atoms with Crippen molar-refractivity contribution < 1.29 is 4.79 Å². The fourth-order valence-corrected chi connectivity index (χ4v) is 5.14. The zero-order valence-corrected chi connectivity index (χ0v) is 23.8. The van der Waals surface area contributed by atoms with Gasteiger partial charge in [-0.05, 0) is 36.6 Å². The monoisotopic (exact) mass is 553 g/mol. The van der Waals surface area contributed by atoms with Crippen LogP contribution >= 0.6 is 11.6 Å². The van der Waals surface area contributed by atoms with Gasteiger partial charge in [-0.15, -0.1) is 0 Å². The molecule has 2 aromatic heterocycles. The van der Waals surface area contributed by atoms with Crippen molar-refractivity contribution >= 4 is 28.4 Å². The lowest BCUT2D eigenvalue weighted by Crippen LogP contribution is -2.31. The third-order valence-corrected chi connectivity index (χ3v) is 7.17. The molecule has 0 aliphatic rings. The molecule has 0 spiro atoms. The average molecular weight is 554 g/mol. The van der Waals surface area contributed by atoms with E-state index in [1.54, 1.807) is 22.8 Å². The average Bonchev–Trinajstić information content (AvgIpc) is 3.34. The van der Waals surface area contributed by atoms with Gasteiger partial charge in [-0.1, -0.05) is 85.6 Å². The number of benzene rings is 3.